The number of aromatic amines is 1. The quantitative estimate of drug-likeness (QED) is 0.786. The molecular formula is C18H22N6O. The maximum absolute atomic E-state index is 5.47. The largest absolute Gasteiger partial charge is 0.355 e. The molecular weight excluding hydrogens is 316 g/mol. The first-order chi connectivity index (χ1) is 12.3. The number of aromatic nitrogens is 5. The van der Waals surface area contributed by atoms with Crippen molar-refractivity contribution in [2.45, 2.75) is 50.9 Å². The molecule has 7 nitrogen and oxygen atoms in total. The number of fused-ring (bicyclic) bond motifs is 1. The van der Waals surface area contributed by atoms with Gasteiger partial charge in [0.25, 0.3) is 0 Å². The van der Waals surface area contributed by atoms with Gasteiger partial charge in [0.15, 0.2) is 5.82 Å². The Bertz CT molecular complexity index is 896. The van der Waals surface area contributed by atoms with Crippen LogP contribution in [0.2, 0.25) is 0 Å². The van der Waals surface area contributed by atoms with E-state index in [4.69, 9.17) is 4.52 Å². The van der Waals surface area contributed by atoms with E-state index >= 15 is 0 Å². The first kappa shape index (κ1) is 14.9. The minimum absolute atomic E-state index is 0.305. The highest BCUT2D eigenvalue weighted by Gasteiger charge is 2.32. The lowest BCUT2D eigenvalue weighted by molar-refractivity contribution is 0.365. The standard InChI is InChI=1S/C18H22N6O/c1-2-11-8-19-16-14(11)17(21-10-20-16)24-7-3-4-13(9-24)15-22-18(25-23-15)12-5-6-12/h8,10,12-13H,2-7,9H2,1H3,(H,19,20,21). The van der Waals surface area contributed by atoms with Crippen molar-refractivity contribution in [1.29, 1.82) is 0 Å². The third-order valence-electron chi connectivity index (χ3n) is 5.38. The lowest BCUT2D eigenvalue weighted by Crippen LogP contribution is -2.35. The lowest BCUT2D eigenvalue weighted by Gasteiger charge is -2.32. The minimum atomic E-state index is 0.305. The van der Waals surface area contributed by atoms with E-state index < -0.39 is 0 Å². The Balaban J connectivity index is 1.45. The van der Waals surface area contributed by atoms with E-state index in [1.165, 1.54) is 18.4 Å². The van der Waals surface area contributed by atoms with Gasteiger partial charge in [-0.05, 0) is 37.7 Å². The first-order valence-electron chi connectivity index (χ1n) is 9.23. The summed E-state index contributed by atoms with van der Waals surface area (Å²) < 4.78 is 5.47. The number of nitrogens with zero attached hydrogens (tertiary/aromatic N) is 5. The van der Waals surface area contributed by atoms with Crippen molar-refractivity contribution in [1.82, 2.24) is 25.1 Å². The normalized spacial score (nSPS) is 21.2. The number of nitrogens with one attached hydrogen (secondary N) is 1. The van der Waals surface area contributed by atoms with Crippen LogP contribution in [0.15, 0.2) is 17.0 Å². The van der Waals surface area contributed by atoms with E-state index in [0.29, 0.717) is 11.8 Å². The number of H-pyrrole nitrogens is 1. The molecule has 2 aliphatic rings. The van der Waals surface area contributed by atoms with Gasteiger partial charge < -0.3 is 14.4 Å². The van der Waals surface area contributed by atoms with Crippen LogP contribution >= 0.6 is 0 Å². The van der Waals surface area contributed by atoms with Gasteiger partial charge in [0.05, 0.1) is 5.39 Å². The number of hydrogen-bond donors (Lipinski definition) is 1. The van der Waals surface area contributed by atoms with Gasteiger partial charge in [-0.15, -0.1) is 0 Å². The third kappa shape index (κ3) is 2.58. The molecule has 1 aliphatic heterocycles. The van der Waals surface area contributed by atoms with E-state index in [9.17, 15) is 0 Å². The van der Waals surface area contributed by atoms with Gasteiger partial charge in [-0.1, -0.05) is 12.1 Å². The predicted molar refractivity (Wildman–Crippen MR) is 93.7 cm³/mol. The highest BCUT2D eigenvalue weighted by Crippen LogP contribution is 2.40. The molecule has 3 aromatic heterocycles. The maximum Gasteiger partial charge on any atom is 0.229 e. The monoisotopic (exact) mass is 338 g/mol. The van der Waals surface area contributed by atoms with Crippen LogP contribution in [-0.2, 0) is 6.42 Å². The highest BCUT2D eigenvalue weighted by molar-refractivity contribution is 5.90. The Morgan fingerprint density at radius 2 is 2.16 bits per heavy atom. The van der Waals surface area contributed by atoms with Crippen molar-refractivity contribution in [3.8, 4) is 0 Å². The summed E-state index contributed by atoms with van der Waals surface area (Å²) in [6.45, 7) is 4.05. The van der Waals surface area contributed by atoms with Crippen LogP contribution in [0.3, 0.4) is 0 Å². The fraction of sp³-hybridized carbons (Fsp3) is 0.556. The molecule has 0 amide bonds. The lowest BCUT2D eigenvalue weighted by atomic mass is 9.97. The smallest absolute Gasteiger partial charge is 0.229 e. The van der Waals surface area contributed by atoms with Gasteiger partial charge in [0, 0.05) is 31.1 Å². The zero-order valence-corrected chi connectivity index (χ0v) is 14.4. The highest BCUT2D eigenvalue weighted by atomic mass is 16.5. The van der Waals surface area contributed by atoms with Gasteiger partial charge in [-0.3, -0.25) is 0 Å². The molecule has 7 heteroatoms. The molecule has 5 rings (SSSR count). The third-order valence-corrected chi connectivity index (χ3v) is 5.38. The molecule has 1 saturated carbocycles. The second-order valence-electron chi connectivity index (χ2n) is 7.14. The average Bonchev–Trinajstić information content (AvgIpc) is 3.23. The molecule has 1 saturated heterocycles. The molecule has 0 bridgehead atoms. The van der Waals surface area contributed by atoms with Gasteiger partial charge in [0.1, 0.15) is 17.8 Å². The first-order valence-corrected chi connectivity index (χ1v) is 9.23. The maximum atomic E-state index is 5.47. The van der Waals surface area contributed by atoms with Gasteiger partial charge in [0.2, 0.25) is 5.89 Å². The summed E-state index contributed by atoms with van der Waals surface area (Å²) in [6, 6.07) is 0. The second-order valence-corrected chi connectivity index (χ2v) is 7.14. The molecule has 3 aromatic rings. The van der Waals surface area contributed by atoms with Crippen LogP contribution in [0, 0.1) is 0 Å². The number of hydrogen-bond acceptors (Lipinski definition) is 6. The van der Waals surface area contributed by atoms with Crippen molar-refractivity contribution in [3.05, 3.63) is 29.8 Å². The number of aryl methyl sites for hydroxylation is 1. The molecule has 1 N–H and O–H groups in total. The van der Waals surface area contributed by atoms with Gasteiger partial charge >= 0.3 is 0 Å². The van der Waals surface area contributed by atoms with E-state index in [0.717, 1.165) is 60.9 Å². The zero-order chi connectivity index (χ0) is 16.8. The number of piperidine rings is 1. The molecule has 1 aliphatic carbocycles. The molecule has 0 aromatic carbocycles. The topological polar surface area (TPSA) is 83.7 Å². The Morgan fingerprint density at radius 3 is 3.00 bits per heavy atom. The summed E-state index contributed by atoms with van der Waals surface area (Å²) in [6.07, 6.45) is 9.24. The molecule has 2 fully saturated rings. The summed E-state index contributed by atoms with van der Waals surface area (Å²) in [4.78, 5) is 19.3. The molecule has 1 atom stereocenters. The van der Waals surface area contributed by atoms with Crippen LogP contribution in [-0.4, -0.2) is 38.2 Å². The Hall–Kier alpha value is -2.44. The van der Waals surface area contributed by atoms with Gasteiger partial charge in [-0.25, -0.2) is 9.97 Å². The Kier molecular flexibility index (Phi) is 3.46. The van der Waals surface area contributed by atoms with Crippen LogP contribution in [0.1, 0.15) is 61.7 Å². The van der Waals surface area contributed by atoms with Crippen molar-refractivity contribution in [2.75, 3.05) is 18.0 Å². The Labute approximate surface area is 145 Å². The SMILES string of the molecule is CCc1c[nH]c2ncnc(N3CCCC(c4noc(C5CC5)n4)C3)c12. The van der Waals surface area contributed by atoms with Crippen LogP contribution in [0.4, 0.5) is 5.82 Å². The molecule has 1 unspecified atom stereocenters. The fourth-order valence-corrected chi connectivity index (χ4v) is 3.82. The van der Waals surface area contributed by atoms with E-state index in [1.54, 1.807) is 6.33 Å². The molecule has 0 radical (unpaired) electrons. The van der Waals surface area contributed by atoms with E-state index in [2.05, 4.69) is 36.9 Å². The van der Waals surface area contributed by atoms with Crippen molar-refractivity contribution in [2.24, 2.45) is 0 Å². The number of rotatable bonds is 4. The van der Waals surface area contributed by atoms with Crippen molar-refractivity contribution < 1.29 is 4.52 Å². The minimum Gasteiger partial charge on any atom is -0.355 e. The second kappa shape index (κ2) is 5.82. The summed E-state index contributed by atoms with van der Waals surface area (Å²) in [5.74, 6) is 3.53. The van der Waals surface area contributed by atoms with E-state index in [1.807, 2.05) is 6.20 Å². The number of anilines is 1. The van der Waals surface area contributed by atoms with Crippen molar-refractivity contribution in [3.63, 3.8) is 0 Å². The summed E-state index contributed by atoms with van der Waals surface area (Å²) in [5.41, 5.74) is 2.18. The summed E-state index contributed by atoms with van der Waals surface area (Å²) in [5, 5.41) is 5.41. The average molecular weight is 338 g/mol. The molecule has 25 heavy (non-hydrogen) atoms. The summed E-state index contributed by atoms with van der Waals surface area (Å²) >= 11 is 0. The molecule has 130 valence electrons. The van der Waals surface area contributed by atoms with Crippen LogP contribution < -0.4 is 4.90 Å². The Morgan fingerprint density at radius 1 is 1.24 bits per heavy atom. The van der Waals surface area contributed by atoms with Crippen molar-refractivity contribution >= 4 is 16.9 Å². The summed E-state index contributed by atoms with van der Waals surface area (Å²) in [7, 11) is 0. The van der Waals surface area contributed by atoms with Gasteiger partial charge in [-0.2, -0.15) is 4.98 Å². The van der Waals surface area contributed by atoms with E-state index in [-0.39, 0.29) is 0 Å². The predicted octanol–water partition coefficient (Wildman–Crippen LogP) is 3.16. The van der Waals surface area contributed by atoms with Crippen LogP contribution in [0.5, 0.6) is 0 Å². The molecule has 0 spiro atoms. The fourth-order valence-electron chi connectivity index (χ4n) is 3.82. The molecule has 4 heterocycles. The van der Waals surface area contributed by atoms with Crippen LogP contribution in [0.25, 0.3) is 11.0 Å². The zero-order valence-electron chi connectivity index (χ0n) is 14.4.